The number of carbonyl (C=O) groups excluding carboxylic acids is 1. The van der Waals surface area contributed by atoms with Gasteiger partial charge in [-0.05, 0) is 53.6 Å². The van der Waals surface area contributed by atoms with Crippen molar-refractivity contribution in [1.29, 1.82) is 0 Å². The third kappa shape index (κ3) is 4.62. The Morgan fingerprint density at radius 3 is 2.77 bits per heavy atom. The number of methoxy groups -OCH3 is 1. The molecular formula is C25H28N2O3. The molecule has 0 saturated carbocycles. The Morgan fingerprint density at radius 1 is 1.17 bits per heavy atom. The second-order valence-corrected chi connectivity index (χ2v) is 7.75. The van der Waals surface area contributed by atoms with Crippen molar-refractivity contribution in [1.82, 2.24) is 10.3 Å². The topological polar surface area (TPSA) is 60.5 Å². The van der Waals surface area contributed by atoms with E-state index in [9.17, 15) is 4.79 Å². The highest BCUT2D eigenvalue weighted by Gasteiger charge is 2.27. The van der Waals surface area contributed by atoms with Gasteiger partial charge in [-0.15, -0.1) is 0 Å². The van der Waals surface area contributed by atoms with Crippen LogP contribution in [0.25, 0.3) is 10.8 Å². The number of pyridine rings is 1. The summed E-state index contributed by atoms with van der Waals surface area (Å²) in [5.41, 5.74) is 2.13. The predicted molar refractivity (Wildman–Crippen MR) is 117 cm³/mol. The van der Waals surface area contributed by atoms with E-state index in [1.54, 1.807) is 13.3 Å². The highest BCUT2D eigenvalue weighted by Crippen LogP contribution is 2.31. The van der Waals surface area contributed by atoms with Crippen LogP contribution in [0.5, 0.6) is 5.75 Å². The number of benzene rings is 2. The summed E-state index contributed by atoms with van der Waals surface area (Å²) in [5, 5.41) is 5.58. The summed E-state index contributed by atoms with van der Waals surface area (Å²) in [5.74, 6) is 1.24. The molecule has 1 aliphatic rings. The van der Waals surface area contributed by atoms with Gasteiger partial charge in [-0.2, -0.15) is 0 Å². The maximum absolute atomic E-state index is 13.0. The number of aromatic nitrogens is 1. The molecule has 5 heteroatoms. The van der Waals surface area contributed by atoms with Gasteiger partial charge in [-0.25, -0.2) is 0 Å². The molecule has 1 N–H and O–H groups in total. The standard InChI is InChI=1S/C25H28N2O3/c1-29-23-10-8-18-5-2-3-7-21(18)22(23)9-11-24(28)27-25(19-12-15-30-16-13-19)20-6-4-14-26-17-20/h2-8,10,14,17,19,25H,9,11-13,15-16H2,1H3,(H,27,28)/t25-/m1/s1. The molecule has 5 nitrogen and oxygen atoms in total. The minimum absolute atomic E-state index is 0.0375. The normalized spacial score (nSPS) is 15.6. The van der Waals surface area contributed by atoms with Crippen molar-refractivity contribution in [3.05, 3.63) is 72.1 Å². The summed E-state index contributed by atoms with van der Waals surface area (Å²) >= 11 is 0. The van der Waals surface area contributed by atoms with E-state index in [0.717, 1.165) is 53.7 Å². The van der Waals surface area contributed by atoms with Gasteiger partial charge in [0.05, 0.1) is 13.2 Å². The lowest BCUT2D eigenvalue weighted by atomic mass is 9.87. The Bertz CT molecular complexity index is 984. The molecule has 0 bridgehead atoms. The number of fused-ring (bicyclic) bond motifs is 1. The predicted octanol–water partition coefficient (Wildman–Crippen LogP) is 4.46. The van der Waals surface area contributed by atoms with Crippen LogP contribution in [0.4, 0.5) is 0 Å². The van der Waals surface area contributed by atoms with Gasteiger partial charge >= 0.3 is 0 Å². The Kier molecular flexibility index (Phi) is 6.60. The van der Waals surface area contributed by atoms with E-state index < -0.39 is 0 Å². The van der Waals surface area contributed by atoms with Crippen molar-refractivity contribution < 1.29 is 14.3 Å². The van der Waals surface area contributed by atoms with Crippen LogP contribution in [0.1, 0.15) is 36.4 Å². The number of hydrogen-bond donors (Lipinski definition) is 1. The Labute approximate surface area is 177 Å². The first-order chi connectivity index (χ1) is 14.8. The van der Waals surface area contributed by atoms with Crippen LogP contribution < -0.4 is 10.1 Å². The summed E-state index contributed by atoms with van der Waals surface area (Å²) in [7, 11) is 1.68. The lowest BCUT2D eigenvalue weighted by molar-refractivity contribution is -0.122. The average molecular weight is 405 g/mol. The van der Waals surface area contributed by atoms with Crippen molar-refractivity contribution in [2.75, 3.05) is 20.3 Å². The van der Waals surface area contributed by atoms with Gasteiger partial charge in [0.15, 0.2) is 0 Å². The van der Waals surface area contributed by atoms with Crippen LogP contribution in [-0.4, -0.2) is 31.2 Å². The first-order valence-electron chi connectivity index (χ1n) is 10.6. The Morgan fingerprint density at radius 2 is 2.00 bits per heavy atom. The number of ether oxygens (including phenoxy) is 2. The molecule has 1 saturated heterocycles. The van der Waals surface area contributed by atoms with Crippen LogP contribution in [0.15, 0.2) is 60.9 Å². The molecule has 1 fully saturated rings. The monoisotopic (exact) mass is 404 g/mol. The molecule has 1 amide bonds. The SMILES string of the molecule is COc1ccc2ccccc2c1CCC(=O)N[C@@H](c1cccnc1)C1CCOCC1. The minimum Gasteiger partial charge on any atom is -0.496 e. The van der Waals surface area contributed by atoms with Gasteiger partial charge in [0, 0.05) is 37.6 Å². The number of carbonyl (C=O) groups is 1. The molecule has 156 valence electrons. The van der Waals surface area contributed by atoms with Crippen LogP contribution in [0.3, 0.4) is 0 Å². The van der Waals surface area contributed by atoms with Crippen molar-refractivity contribution in [2.24, 2.45) is 5.92 Å². The zero-order chi connectivity index (χ0) is 20.8. The fourth-order valence-corrected chi connectivity index (χ4v) is 4.33. The van der Waals surface area contributed by atoms with Gasteiger partial charge in [0.25, 0.3) is 0 Å². The summed E-state index contributed by atoms with van der Waals surface area (Å²) in [6.45, 7) is 1.48. The van der Waals surface area contributed by atoms with Gasteiger partial charge < -0.3 is 14.8 Å². The van der Waals surface area contributed by atoms with E-state index in [1.807, 2.05) is 36.5 Å². The fourth-order valence-electron chi connectivity index (χ4n) is 4.33. The highest BCUT2D eigenvalue weighted by atomic mass is 16.5. The lowest BCUT2D eigenvalue weighted by Crippen LogP contribution is -2.36. The molecule has 0 unspecified atom stereocenters. The van der Waals surface area contributed by atoms with Crippen LogP contribution in [-0.2, 0) is 16.0 Å². The number of amides is 1. The molecule has 4 rings (SSSR count). The lowest BCUT2D eigenvalue weighted by Gasteiger charge is -2.31. The Hall–Kier alpha value is -2.92. The molecule has 3 aromatic rings. The highest BCUT2D eigenvalue weighted by molar-refractivity contribution is 5.88. The number of hydrogen-bond acceptors (Lipinski definition) is 4. The minimum atomic E-state index is -0.0375. The number of aryl methyl sites for hydroxylation is 1. The fraction of sp³-hybridized carbons (Fsp3) is 0.360. The van der Waals surface area contributed by atoms with Crippen molar-refractivity contribution in [2.45, 2.75) is 31.7 Å². The van der Waals surface area contributed by atoms with Gasteiger partial charge in [-0.3, -0.25) is 9.78 Å². The number of nitrogens with zero attached hydrogens (tertiary/aromatic N) is 1. The zero-order valence-corrected chi connectivity index (χ0v) is 17.3. The average Bonchev–Trinajstić information content (AvgIpc) is 2.82. The molecule has 1 aromatic heterocycles. The molecule has 1 atom stereocenters. The van der Waals surface area contributed by atoms with E-state index in [0.29, 0.717) is 18.8 Å². The number of rotatable bonds is 7. The van der Waals surface area contributed by atoms with Crippen molar-refractivity contribution in [3.63, 3.8) is 0 Å². The molecule has 1 aliphatic heterocycles. The largest absolute Gasteiger partial charge is 0.496 e. The second-order valence-electron chi connectivity index (χ2n) is 7.75. The molecule has 0 radical (unpaired) electrons. The van der Waals surface area contributed by atoms with E-state index in [4.69, 9.17) is 9.47 Å². The van der Waals surface area contributed by atoms with E-state index >= 15 is 0 Å². The molecular weight excluding hydrogens is 376 g/mol. The Balaban J connectivity index is 1.50. The molecule has 0 aliphatic carbocycles. The summed E-state index contributed by atoms with van der Waals surface area (Å²) < 4.78 is 11.1. The van der Waals surface area contributed by atoms with Crippen molar-refractivity contribution >= 4 is 16.7 Å². The van der Waals surface area contributed by atoms with Crippen LogP contribution in [0, 0.1) is 5.92 Å². The van der Waals surface area contributed by atoms with Crippen LogP contribution in [0.2, 0.25) is 0 Å². The molecule has 30 heavy (non-hydrogen) atoms. The first kappa shape index (κ1) is 20.4. The quantitative estimate of drug-likeness (QED) is 0.632. The van der Waals surface area contributed by atoms with Crippen molar-refractivity contribution in [3.8, 4) is 5.75 Å². The zero-order valence-electron chi connectivity index (χ0n) is 17.3. The summed E-state index contributed by atoms with van der Waals surface area (Å²) in [4.78, 5) is 17.2. The second kappa shape index (κ2) is 9.72. The van der Waals surface area contributed by atoms with E-state index in [-0.39, 0.29) is 11.9 Å². The molecule has 0 spiro atoms. The smallest absolute Gasteiger partial charge is 0.220 e. The molecule has 2 heterocycles. The third-order valence-corrected chi connectivity index (χ3v) is 5.92. The first-order valence-corrected chi connectivity index (χ1v) is 10.6. The maximum Gasteiger partial charge on any atom is 0.220 e. The van der Waals surface area contributed by atoms with Gasteiger partial charge in [-0.1, -0.05) is 36.4 Å². The van der Waals surface area contributed by atoms with Gasteiger partial charge in [0.1, 0.15) is 5.75 Å². The summed E-state index contributed by atoms with van der Waals surface area (Å²) in [6, 6.07) is 16.2. The van der Waals surface area contributed by atoms with Gasteiger partial charge in [0.2, 0.25) is 5.91 Å². The van der Waals surface area contributed by atoms with Crippen LogP contribution >= 0.6 is 0 Å². The van der Waals surface area contributed by atoms with E-state index in [2.05, 4.69) is 28.5 Å². The molecule has 2 aromatic carbocycles. The summed E-state index contributed by atoms with van der Waals surface area (Å²) in [6.07, 6.45) is 6.54. The number of nitrogens with one attached hydrogen (secondary N) is 1. The van der Waals surface area contributed by atoms with E-state index in [1.165, 1.54) is 0 Å². The maximum atomic E-state index is 13.0. The third-order valence-electron chi connectivity index (χ3n) is 5.92.